The van der Waals surface area contributed by atoms with Gasteiger partial charge < -0.3 is 9.84 Å². The number of carboxylic acid groups (broad SMARTS) is 1. The first-order chi connectivity index (χ1) is 15.1. The molecule has 0 unspecified atom stereocenters. The minimum Gasteiger partial charge on any atom is -0.478 e. The van der Waals surface area contributed by atoms with E-state index < -0.39 is 38.4 Å². The summed E-state index contributed by atoms with van der Waals surface area (Å²) in [5.41, 5.74) is 2.08. The van der Waals surface area contributed by atoms with Crippen LogP contribution in [-0.2, 0) is 21.4 Å². The molecule has 0 aromatic heterocycles. The number of carbonyl (C=O) groups is 2. The summed E-state index contributed by atoms with van der Waals surface area (Å²) in [5.74, 6) is -2.57. The van der Waals surface area contributed by atoms with E-state index in [9.17, 15) is 27.5 Å². The number of rotatable bonds is 4. The molecule has 2 aromatic rings. The molecule has 1 fully saturated rings. The Morgan fingerprint density at radius 2 is 1.94 bits per heavy atom. The average molecular weight is 483 g/mol. The van der Waals surface area contributed by atoms with E-state index in [0.29, 0.717) is 18.9 Å². The SMILES string of the molecule is Cc1cccc2c1N(C1CCN(S(=O)(=O)c3cc(C(=O)O)c(Cl)cc3F)CC1)C(=O)OC2. The smallest absolute Gasteiger partial charge is 0.414 e. The van der Waals surface area contributed by atoms with Gasteiger partial charge in [0, 0.05) is 24.7 Å². The number of aryl methyl sites for hydroxylation is 1. The van der Waals surface area contributed by atoms with Gasteiger partial charge in [-0.1, -0.05) is 29.8 Å². The van der Waals surface area contributed by atoms with Gasteiger partial charge in [0.15, 0.2) is 0 Å². The number of nitrogens with zero attached hydrogens (tertiary/aromatic N) is 2. The lowest BCUT2D eigenvalue weighted by atomic mass is 10.00. The van der Waals surface area contributed by atoms with Crippen molar-refractivity contribution < 1.29 is 32.2 Å². The fraction of sp³-hybridized carbons (Fsp3) is 0.333. The van der Waals surface area contributed by atoms with Gasteiger partial charge in [-0.05, 0) is 37.5 Å². The number of benzene rings is 2. The Balaban J connectivity index is 1.58. The Bertz CT molecular complexity index is 1210. The average Bonchev–Trinajstić information content (AvgIpc) is 2.74. The van der Waals surface area contributed by atoms with Crippen molar-refractivity contribution in [3.05, 3.63) is 57.9 Å². The van der Waals surface area contributed by atoms with Crippen LogP contribution in [0.25, 0.3) is 0 Å². The second-order valence-electron chi connectivity index (χ2n) is 7.71. The zero-order valence-electron chi connectivity index (χ0n) is 17.0. The number of aromatic carboxylic acids is 1. The number of ether oxygens (including phenoxy) is 1. The Morgan fingerprint density at radius 1 is 1.25 bits per heavy atom. The lowest BCUT2D eigenvalue weighted by Gasteiger charge is -2.40. The highest BCUT2D eigenvalue weighted by Crippen LogP contribution is 2.35. The maximum atomic E-state index is 14.4. The zero-order valence-corrected chi connectivity index (χ0v) is 18.6. The van der Waals surface area contributed by atoms with Gasteiger partial charge in [0.2, 0.25) is 10.0 Å². The number of piperidine rings is 1. The lowest BCUT2D eigenvalue weighted by Crippen LogP contribution is -2.50. The Labute approximate surface area is 189 Å². The lowest BCUT2D eigenvalue weighted by molar-refractivity contribution is 0.0696. The first-order valence-electron chi connectivity index (χ1n) is 9.88. The molecule has 1 amide bonds. The molecule has 2 aromatic carbocycles. The molecule has 0 spiro atoms. The molecule has 2 heterocycles. The van der Waals surface area contributed by atoms with E-state index in [2.05, 4.69) is 0 Å². The molecule has 2 aliphatic heterocycles. The van der Waals surface area contributed by atoms with Crippen LogP contribution in [0.3, 0.4) is 0 Å². The maximum Gasteiger partial charge on any atom is 0.414 e. The van der Waals surface area contributed by atoms with Gasteiger partial charge >= 0.3 is 12.1 Å². The van der Waals surface area contributed by atoms with Gasteiger partial charge in [0.05, 0.1) is 16.3 Å². The Morgan fingerprint density at radius 3 is 2.59 bits per heavy atom. The molecule has 1 saturated heterocycles. The summed E-state index contributed by atoms with van der Waals surface area (Å²) in [7, 11) is -4.30. The molecule has 0 atom stereocenters. The number of fused-ring (bicyclic) bond motifs is 1. The second-order valence-corrected chi connectivity index (χ2v) is 10.0. The van der Waals surface area contributed by atoms with E-state index in [-0.39, 0.29) is 30.8 Å². The number of amides is 1. The molecule has 170 valence electrons. The first-order valence-corrected chi connectivity index (χ1v) is 11.7. The summed E-state index contributed by atoms with van der Waals surface area (Å²) >= 11 is 5.73. The highest BCUT2D eigenvalue weighted by atomic mass is 35.5. The summed E-state index contributed by atoms with van der Waals surface area (Å²) in [6.45, 7) is 2.14. The molecule has 0 aliphatic carbocycles. The molecule has 0 bridgehead atoms. The summed E-state index contributed by atoms with van der Waals surface area (Å²) < 4.78 is 46.9. The first kappa shape index (κ1) is 22.5. The van der Waals surface area contributed by atoms with E-state index in [1.807, 2.05) is 25.1 Å². The van der Waals surface area contributed by atoms with Gasteiger partial charge in [0.25, 0.3) is 0 Å². The summed E-state index contributed by atoms with van der Waals surface area (Å²) in [6, 6.07) is 6.79. The van der Waals surface area contributed by atoms with E-state index in [1.54, 1.807) is 4.90 Å². The van der Waals surface area contributed by atoms with Crippen molar-refractivity contribution in [3.63, 3.8) is 0 Å². The van der Waals surface area contributed by atoms with Crippen LogP contribution in [0.15, 0.2) is 35.2 Å². The molecule has 1 N–H and O–H groups in total. The molecular formula is C21H20ClFN2O6S. The largest absolute Gasteiger partial charge is 0.478 e. The van der Waals surface area contributed by atoms with Crippen LogP contribution < -0.4 is 4.90 Å². The highest BCUT2D eigenvalue weighted by molar-refractivity contribution is 7.89. The topological polar surface area (TPSA) is 104 Å². The number of sulfonamides is 1. The van der Waals surface area contributed by atoms with Crippen molar-refractivity contribution in [1.82, 2.24) is 4.31 Å². The number of halogens is 2. The zero-order chi connectivity index (χ0) is 23.2. The number of carbonyl (C=O) groups excluding carboxylic acids is 1. The van der Waals surface area contributed by atoms with Crippen LogP contribution in [0.1, 0.15) is 34.3 Å². The minimum atomic E-state index is -4.30. The van der Waals surface area contributed by atoms with Crippen molar-refractivity contribution in [1.29, 1.82) is 0 Å². The predicted octanol–water partition coefficient (Wildman–Crippen LogP) is 3.80. The minimum absolute atomic E-state index is 0.0302. The van der Waals surface area contributed by atoms with Gasteiger partial charge in [-0.15, -0.1) is 0 Å². The quantitative estimate of drug-likeness (QED) is 0.710. The summed E-state index contributed by atoms with van der Waals surface area (Å²) in [5, 5.41) is 8.81. The van der Waals surface area contributed by atoms with E-state index >= 15 is 0 Å². The molecule has 32 heavy (non-hydrogen) atoms. The van der Waals surface area contributed by atoms with Crippen LogP contribution in [0.5, 0.6) is 0 Å². The van der Waals surface area contributed by atoms with Crippen molar-refractivity contribution >= 4 is 39.4 Å². The fourth-order valence-corrected chi connectivity index (χ4v) is 5.96. The van der Waals surface area contributed by atoms with E-state index in [1.165, 1.54) is 0 Å². The van der Waals surface area contributed by atoms with E-state index in [4.69, 9.17) is 16.3 Å². The van der Waals surface area contributed by atoms with E-state index in [0.717, 1.165) is 27.2 Å². The fourth-order valence-electron chi connectivity index (χ4n) is 4.18. The van der Waals surface area contributed by atoms with Gasteiger partial charge in [0.1, 0.15) is 17.3 Å². The van der Waals surface area contributed by atoms with Crippen molar-refractivity contribution in [2.45, 2.75) is 37.3 Å². The Kier molecular flexibility index (Phi) is 5.87. The maximum absolute atomic E-state index is 14.4. The second kappa shape index (κ2) is 8.34. The number of cyclic esters (lactones) is 1. The third-order valence-corrected chi connectivity index (χ3v) is 7.99. The predicted molar refractivity (Wildman–Crippen MR) is 114 cm³/mol. The number of hydrogen-bond donors (Lipinski definition) is 1. The Hall–Kier alpha value is -2.69. The van der Waals surface area contributed by atoms with Crippen molar-refractivity contribution in [3.8, 4) is 0 Å². The number of anilines is 1. The number of hydrogen-bond acceptors (Lipinski definition) is 5. The van der Waals surface area contributed by atoms with Crippen LogP contribution >= 0.6 is 11.6 Å². The summed E-state index contributed by atoms with van der Waals surface area (Å²) in [6.07, 6.45) is 0.134. The monoisotopic (exact) mass is 482 g/mol. The molecule has 0 saturated carbocycles. The summed E-state index contributed by atoms with van der Waals surface area (Å²) in [4.78, 5) is 24.7. The number of carboxylic acids is 1. The van der Waals surface area contributed by atoms with Crippen LogP contribution in [0.2, 0.25) is 5.02 Å². The van der Waals surface area contributed by atoms with Crippen LogP contribution in [-0.4, -0.2) is 49.0 Å². The third-order valence-electron chi connectivity index (χ3n) is 5.77. The highest BCUT2D eigenvalue weighted by Gasteiger charge is 2.38. The molecule has 2 aliphatic rings. The number of para-hydroxylation sites is 1. The van der Waals surface area contributed by atoms with Gasteiger partial charge in [-0.25, -0.2) is 22.4 Å². The standard InChI is InChI=1S/C21H20ClFN2O6S/c1-12-3-2-4-13-11-31-21(28)25(19(12)13)14-5-7-24(8-6-14)32(29,30)18-9-15(20(26)27)16(22)10-17(18)23/h2-4,9-10,14H,5-8,11H2,1H3,(H,26,27). The molecule has 8 nitrogen and oxygen atoms in total. The third kappa shape index (κ3) is 3.82. The molecular weight excluding hydrogens is 463 g/mol. The molecule has 4 rings (SSSR count). The van der Waals surface area contributed by atoms with Crippen LogP contribution in [0.4, 0.5) is 14.9 Å². The van der Waals surface area contributed by atoms with Crippen molar-refractivity contribution in [2.75, 3.05) is 18.0 Å². The van der Waals surface area contributed by atoms with Crippen molar-refractivity contribution in [2.24, 2.45) is 0 Å². The van der Waals surface area contributed by atoms with Crippen LogP contribution in [0, 0.1) is 12.7 Å². The normalized spacial score (nSPS) is 17.7. The van der Waals surface area contributed by atoms with Gasteiger partial charge in [-0.2, -0.15) is 4.31 Å². The van der Waals surface area contributed by atoms with Gasteiger partial charge in [-0.3, -0.25) is 4.90 Å². The molecule has 0 radical (unpaired) electrons. The molecule has 11 heteroatoms.